The summed E-state index contributed by atoms with van der Waals surface area (Å²) in [6.07, 6.45) is 6.85. The Hall–Kier alpha value is -2.36. The minimum Gasteiger partial charge on any atom is -0.384 e. The van der Waals surface area contributed by atoms with E-state index in [2.05, 4.69) is 55.4 Å². The third kappa shape index (κ3) is 5.89. The molecular formula is C21H29N3O. The van der Waals surface area contributed by atoms with Crippen LogP contribution in [-0.2, 0) is 5.41 Å². The van der Waals surface area contributed by atoms with Crippen LogP contribution in [0.1, 0.15) is 62.9 Å². The zero-order valence-electron chi connectivity index (χ0n) is 15.7. The Morgan fingerprint density at radius 1 is 1.04 bits per heavy atom. The third-order valence-corrected chi connectivity index (χ3v) is 4.12. The minimum atomic E-state index is -0.145. The van der Waals surface area contributed by atoms with Crippen LogP contribution in [0.15, 0.2) is 42.7 Å². The Morgan fingerprint density at radius 3 is 2.40 bits per heavy atom. The van der Waals surface area contributed by atoms with Crippen LogP contribution in [0.25, 0.3) is 0 Å². The molecule has 2 aromatic rings. The van der Waals surface area contributed by atoms with E-state index in [-0.39, 0.29) is 11.3 Å². The van der Waals surface area contributed by atoms with Crippen LogP contribution >= 0.6 is 0 Å². The number of benzene rings is 1. The van der Waals surface area contributed by atoms with E-state index >= 15 is 0 Å². The molecule has 4 nitrogen and oxygen atoms in total. The van der Waals surface area contributed by atoms with Crippen LogP contribution in [0.2, 0.25) is 0 Å². The highest BCUT2D eigenvalue weighted by atomic mass is 16.1. The molecule has 1 amide bonds. The molecule has 0 aliphatic rings. The van der Waals surface area contributed by atoms with Gasteiger partial charge in [-0.1, -0.05) is 52.7 Å². The minimum absolute atomic E-state index is 0.101. The molecule has 4 heteroatoms. The van der Waals surface area contributed by atoms with E-state index in [0.29, 0.717) is 5.56 Å². The van der Waals surface area contributed by atoms with E-state index in [1.165, 1.54) is 18.4 Å². The Balaban J connectivity index is 1.98. The van der Waals surface area contributed by atoms with E-state index in [9.17, 15) is 4.79 Å². The predicted molar refractivity (Wildman–Crippen MR) is 105 cm³/mol. The Kier molecular flexibility index (Phi) is 6.57. The van der Waals surface area contributed by atoms with Crippen molar-refractivity contribution in [1.82, 2.24) is 4.98 Å². The molecule has 25 heavy (non-hydrogen) atoms. The molecule has 0 spiro atoms. The molecule has 2 N–H and O–H groups in total. The molecule has 1 aromatic carbocycles. The number of pyridine rings is 1. The normalized spacial score (nSPS) is 11.2. The predicted octanol–water partition coefficient (Wildman–Crippen LogP) is 5.23. The fourth-order valence-corrected chi connectivity index (χ4v) is 2.53. The van der Waals surface area contributed by atoms with Crippen molar-refractivity contribution in [3.8, 4) is 0 Å². The molecule has 0 unspecified atom stereocenters. The first-order chi connectivity index (χ1) is 11.9. The summed E-state index contributed by atoms with van der Waals surface area (Å²) >= 11 is 0. The molecule has 0 aliphatic carbocycles. The number of hydrogen-bond acceptors (Lipinski definition) is 3. The lowest BCUT2D eigenvalue weighted by Crippen LogP contribution is -2.14. The van der Waals surface area contributed by atoms with Crippen molar-refractivity contribution in [1.29, 1.82) is 0 Å². The highest BCUT2D eigenvalue weighted by Crippen LogP contribution is 2.23. The van der Waals surface area contributed by atoms with Gasteiger partial charge in [-0.15, -0.1) is 0 Å². The molecule has 0 fully saturated rings. The maximum Gasteiger partial charge on any atom is 0.257 e. The smallest absolute Gasteiger partial charge is 0.257 e. The lowest BCUT2D eigenvalue weighted by molar-refractivity contribution is 0.102. The number of unbranched alkanes of at least 4 members (excludes halogenated alkanes) is 2. The molecule has 134 valence electrons. The first kappa shape index (κ1) is 19.0. The van der Waals surface area contributed by atoms with Crippen LogP contribution in [0.3, 0.4) is 0 Å². The van der Waals surface area contributed by atoms with Gasteiger partial charge in [0.1, 0.15) is 0 Å². The maximum atomic E-state index is 12.4. The van der Waals surface area contributed by atoms with Gasteiger partial charge in [-0.2, -0.15) is 0 Å². The molecule has 0 bridgehead atoms. The summed E-state index contributed by atoms with van der Waals surface area (Å²) < 4.78 is 0. The highest BCUT2D eigenvalue weighted by molar-refractivity contribution is 6.04. The summed E-state index contributed by atoms with van der Waals surface area (Å²) in [7, 11) is 0. The van der Waals surface area contributed by atoms with Gasteiger partial charge in [-0.3, -0.25) is 9.78 Å². The molecule has 0 saturated heterocycles. The summed E-state index contributed by atoms with van der Waals surface area (Å²) in [5, 5.41) is 6.25. The zero-order chi connectivity index (χ0) is 18.3. The molecule has 2 rings (SSSR count). The third-order valence-electron chi connectivity index (χ3n) is 4.12. The van der Waals surface area contributed by atoms with E-state index < -0.39 is 0 Å². The van der Waals surface area contributed by atoms with Crippen molar-refractivity contribution < 1.29 is 4.79 Å². The van der Waals surface area contributed by atoms with E-state index in [4.69, 9.17) is 0 Å². The number of rotatable bonds is 7. The second-order valence-electron chi connectivity index (χ2n) is 7.38. The molecule has 1 heterocycles. The van der Waals surface area contributed by atoms with E-state index in [1.807, 2.05) is 18.2 Å². The van der Waals surface area contributed by atoms with Crippen molar-refractivity contribution in [2.75, 3.05) is 17.2 Å². The van der Waals surface area contributed by atoms with Gasteiger partial charge in [-0.25, -0.2) is 0 Å². The monoisotopic (exact) mass is 339 g/mol. The molecular weight excluding hydrogens is 310 g/mol. The zero-order valence-corrected chi connectivity index (χ0v) is 15.7. The van der Waals surface area contributed by atoms with Gasteiger partial charge in [0.2, 0.25) is 0 Å². The van der Waals surface area contributed by atoms with E-state index in [0.717, 1.165) is 24.3 Å². The van der Waals surface area contributed by atoms with E-state index in [1.54, 1.807) is 12.4 Å². The van der Waals surface area contributed by atoms with Gasteiger partial charge in [-0.05, 0) is 35.6 Å². The fraction of sp³-hybridized carbons (Fsp3) is 0.429. The largest absolute Gasteiger partial charge is 0.384 e. The average Bonchev–Trinajstić information content (AvgIpc) is 2.59. The van der Waals surface area contributed by atoms with Crippen molar-refractivity contribution in [3.05, 3.63) is 53.9 Å². The number of aromatic nitrogens is 1. The quantitative estimate of drug-likeness (QED) is 0.679. The van der Waals surface area contributed by atoms with Crippen LogP contribution in [0, 0.1) is 0 Å². The summed E-state index contributed by atoms with van der Waals surface area (Å²) in [4.78, 5) is 16.6. The molecule has 0 radical (unpaired) electrons. The lowest BCUT2D eigenvalue weighted by Gasteiger charge is -2.19. The van der Waals surface area contributed by atoms with Crippen LogP contribution < -0.4 is 10.6 Å². The first-order valence-corrected chi connectivity index (χ1v) is 9.01. The van der Waals surface area contributed by atoms with Gasteiger partial charge < -0.3 is 10.6 Å². The van der Waals surface area contributed by atoms with Gasteiger partial charge in [0.25, 0.3) is 5.91 Å². The number of carbonyl (C=O) groups excluding carboxylic acids is 1. The summed E-state index contributed by atoms with van der Waals surface area (Å²) in [6, 6.07) is 9.84. The number of hydrogen-bond donors (Lipinski definition) is 2. The van der Waals surface area contributed by atoms with Crippen LogP contribution in [0.4, 0.5) is 11.4 Å². The Bertz CT molecular complexity index is 687. The number of nitrogens with one attached hydrogen (secondary N) is 2. The number of anilines is 2. The molecule has 1 aromatic heterocycles. The SMILES string of the molecule is CCCCCNc1cncc(C(=O)Nc2ccc(C(C)(C)C)cc2)c1. The van der Waals surface area contributed by atoms with Gasteiger partial charge >= 0.3 is 0 Å². The van der Waals surface area contributed by atoms with Crippen molar-refractivity contribution in [2.24, 2.45) is 0 Å². The summed E-state index contributed by atoms with van der Waals surface area (Å²) in [6.45, 7) is 9.59. The Labute approximate surface area is 151 Å². The highest BCUT2D eigenvalue weighted by Gasteiger charge is 2.13. The molecule has 0 atom stereocenters. The molecule has 0 aliphatic heterocycles. The topological polar surface area (TPSA) is 54.0 Å². The van der Waals surface area contributed by atoms with Gasteiger partial charge in [0.05, 0.1) is 11.3 Å². The first-order valence-electron chi connectivity index (χ1n) is 9.01. The standard InChI is InChI=1S/C21H29N3O/c1-5-6-7-12-23-19-13-16(14-22-15-19)20(25)24-18-10-8-17(9-11-18)21(2,3)4/h8-11,13-15,23H,5-7,12H2,1-4H3,(H,24,25). The second kappa shape index (κ2) is 8.65. The average molecular weight is 339 g/mol. The van der Waals surface area contributed by atoms with Gasteiger partial charge in [0.15, 0.2) is 0 Å². The summed E-state index contributed by atoms with van der Waals surface area (Å²) in [5.74, 6) is -0.145. The van der Waals surface area contributed by atoms with Crippen LogP contribution in [0.5, 0.6) is 0 Å². The maximum absolute atomic E-state index is 12.4. The fourth-order valence-electron chi connectivity index (χ4n) is 2.53. The second-order valence-corrected chi connectivity index (χ2v) is 7.38. The molecule has 0 saturated carbocycles. The van der Waals surface area contributed by atoms with Gasteiger partial charge in [0, 0.05) is 24.6 Å². The number of carbonyl (C=O) groups is 1. The number of nitrogens with zero attached hydrogens (tertiary/aromatic N) is 1. The van der Waals surface area contributed by atoms with Crippen LogP contribution in [-0.4, -0.2) is 17.4 Å². The van der Waals surface area contributed by atoms with Crippen molar-refractivity contribution >= 4 is 17.3 Å². The Morgan fingerprint density at radius 2 is 1.76 bits per heavy atom. The lowest BCUT2D eigenvalue weighted by atomic mass is 9.87. The number of amides is 1. The van der Waals surface area contributed by atoms with Crippen molar-refractivity contribution in [2.45, 2.75) is 52.4 Å². The van der Waals surface area contributed by atoms with Crippen molar-refractivity contribution in [3.63, 3.8) is 0 Å². The summed E-state index contributed by atoms with van der Waals surface area (Å²) in [5.41, 5.74) is 3.57.